The van der Waals surface area contributed by atoms with Crippen molar-refractivity contribution in [1.29, 1.82) is 0 Å². The van der Waals surface area contributed by atoms with Crippen LogP contribution in [0.1, 0.15) is 209 Å². The molecule has 4 saturated carbocycles. The van der Waals surface area contributed by atoms with E-state index in [1.165, 1.54) is 128 Å². The average Bonchev–Trinajstić information content (AvgIpc) is 3.45. The third kappa shape index (κ3) is 11.8. The number of hydrogen-bond donors (Lipinski definition) is 1. The molecule has 0 aliphatic heterocycles. The van der Waals surface area contributed by atoms with Crippen molar-refractivity contribution in [3.8, 4) is 0 Å². The Labute approximate surface area is 316 Å². The number of ketones is 1. The standard InChI is InChI=1S/C47H83NO3/c1-8-9-10-11-12-13-14-15-16-17-18-19-20-21-22-23-34-48-44(50)51-38-30-32-46(6)37(35-38)25-26-39-41-28-27-40(47(41,7)33-31-42(39)46)36(2)24-29-43(49)45(3,4)5/h15-16,36-42H,8-14,17-35H2,1-7H3,(H,48,50)/b16-15-/t36?,37?,38-,39?,40?,41?,42?,46+,47-/m1/s1. The van der Waals surface area contributed by atoms with Crippen LogP contribution in [0.25, 0.3) is 0 Å². The second kappa shape index (κ2) is 20.4. The predicted octanol–water partition coefficient (Wildman–Crippen LogP) is 13.8. The molecule has 0 bridgehead atoms. The van der Waals surface area contributed by atoms with Crippen molar-refractivity contribution < 1.29 is 14.3 Å². The lowest BCUT2D eigenvalue weighted by molar-refractivity contribution is -0.131. The highest BCUT2D eigenvalue weighted by Gasteiger charge is 2.60. The molecule has 9 atom stereocenters. The lowest BCUT2D eigenvalue weighted by Crippen LogP contribution is -2.54. The maximum Gasteiger partial charge on any atom is 0.407 e. The quantitative estimate of drug-likeness (QED) is 0.0953. The van der Waals surface area contributed by atoms with Crippen LogP contribution in [-0.2, 0) is 9.53 Å². The molecular formula is C47H83NO3. The second-order valence-corrected chi connectivity index (χ2v) is 19.7. The van der Waals surface area contributed by atoms with Gasteiger partial charge in [0.05, 0.1) is 0 Å². The Bertz CT molecular complexity index is 1080. The summed E-state index contributed by atoms with van der Waals surface area (Å²) < 4.78 is 6.06. The van der Waals surface area contributed by atoms with Gasteiger partial charge in [-0.25, -0.2) is 4.79 Å². The molecule has 0 spiro atoms. The van der Waals surface area contributed by atoms with E-state index in [0.29, 0.717) is 28.4 Å². The number of alkyl carbamates (subject to hydrolysis) is 1. The second-order valence-electron chi connectivity index (χ2n) is 19.7. The van der Waals surface area contributed by atoms with Gasteiger partial charge in [0.25, 0.3) is 0 Å². The van der Waals surface area contributed by atoms with Gasteiger partial charge in [-0.15, -0.1) is 0 Å². The molecule has 4 aliphatic carbocycles. The summed E-state index contributed by atoms with van der Waals surface area (Å²) in [5, 5.41) is 3.08. The first-order valence-corrected chi connectivity index (χ1v) is 22.5. The summed E-state index contributed by atoms with van der Waals surface area (Å²) in [6, 6.07) is 0. The minimum atomic E-state index is -0.217. The van der Waals surface area contributed by atoms with Gasteiger partial charge in [0, 0.05) is 18.4 Å². The number of hydrogen-bond acceptors (Lipinski definition) is 3. The van der Waals surface area contributed by atoms with Crippen molar-refractivity contribution in [3.63, 3.8) is 0 Å². The minimum Gasteiger partial charge on any atom is -0.446 e. The van der Waals surface area contributed by atoms with E-state index in [4.69, 9.17) is 4.74 Å². The third-order valence-electron chi connectivity index (χ3n) is 15.3. The van der Waals surface area contributed by atoms with Crippen LogP contribution in [0.3, 0.4) is 0 Å². The highest BCUT2D eigenvalue weighted by molar-refractivity contribution is 5.83. The SMILES string of the molecule is CCCCCCCC/C=C\CCCCCCCCNC(=O)O[C@@H]1CC[C@@]2(C)C(CCC3C4CCC(C(C)CCC(=O)C(C)(C)C)[C@@]4(C)CCC32)C1. The zero-order valence-electron chi connectivity index (χ0n) is 34.8. The number of carbonyl (C=O) groups excluding carboxylic acids is 2. The molecule has 0 aromatic heterocycles. The van der Waals surface area contributed by atoms with Gasteiger partial charge in [0.1, 0.15) is 11.9 Å². The molecule has 1 N–H and O–H groups in total. The van der Waals surface area contributed by atoms with E-state index in [-0.39, 0.29) is 17.6 Å². The van der Waals surface area contributed by atoms with Crippen LogP contribution >= 0.6 is 0 Å². The Kier molecular flexibility index (Phi) is 17.0. The Morgan fingerprint density at radius 2 is 1.37 bits per heavy atom. The first kappa shape index (κ1) is 42.4. The Balaban J connectivity index is 1.08. The van der Waals surface area contributed by atoms with Crippen molar-refractivity contribution in [1.82, 2.24) is 5.32 Å². The van der Waals surface area contributed by atoms with Crippen LogP contribution in [0.5, 0.6) is 0 Å². The van der Waals surface area contributed by atoms with E-state index in [1.807, 2.05) is 0 Å². The molecular weight excluding hydrogens is 627 g/mol. The number of nitrogens with one attached hydrogen (secondary N) is 1. The fourth-order valence-electron chi connectivity index (χ4n) is 12.0. The molecule has 0 heterocycles. The van der Waals surface area contributed by atoms with Crippen LogP contribution < -0.4 is 5.32 Å². The summed E-state index contributed by atoms with van der Waals surface area (Å²) in [6.07, 6.45) is 36.2. The van der Waals surface area contributed by atoms with Gasteiger partial charge in [0.15, 0.2) is 0 Å². The van der Waals surface area contributed by atoms with Gasteiger partial charge in [0.2, 0.25) is 0 Å². The van der Waals surface area contributed by atoms with Crippen LogP contribution in [0.15, 0.2) is 12.2 Å². The van der Waals surface area contributed by atoms with Crippen LogP contribution in [0, 0.1) is 51.8 Å². The molecule has 4 aliphatic rings. The molecule has 6 unspecified atom stereocenters. The highest BCUT2D eigenvalue weighted by Crippen LogP contribution is 2.68. The van der Waals surface area contributed by atoms with Gasteiger partial charge in [-0.05, 0) is 143 Å². The lowest BCUT2D eigenvalue weighted by atomic mass is 9.44. The van der Waals surface area contributed by atoms with E-state index in [2.05, 4.69) is 65.9 Å². The number of amides is 1. The third-order valence-corrected chi connectivity index (χ3v) is 15.3. The topological polar surface area (TPSA) is 55.4 Å². The number of ether oxygens (including phenoxy) is 1. The van der Waals surface area contributed by atoms with Crippen LogP contribution in [0.4, 0.5) is 4.79 Å². The normalized spacial score (nSPS) is 32.6. The summed E-state index contributed by atoms with van der Waals surface area (Å²) in [6.45, 7) is 16.9. The zero-order chi connectivity index (χ0) is 36.9. The van der Waals surface area contributed by atoms with Crippen molar-refractivity contribution in [3.05, 3.63) is 12.2 Å². The number of Topliss-reactive ketones (excluding diaryl/α,β-unsaturated/α-hetero) is 1. The van der Waals surface area contributed by atoms with Crippen LogP contribution in [0.2, 0.25) is 0 Å². The smallest absolute Gasteiger partial charge is 0.407 e. The van der Waals surface area contributed by atoms with Gasteiger partial charge < -0.3 is 10.1 Å². The molecule has 4 heteroatoms. The first-order valence-electron chi connectivity index (χ1n) is 22.5. The van der Waals surface area contributed by atoms with E-state index in [1.54, 1.807) is 0 Å². The van der Waals surface area contributed by atoms with Crippen molar-refractivity contribution in [2.75, 3.05) is 6.54 Å². The molecule has 4 rings (SSSR count). The van der Waals surface area contributed by atoms with Gasteiger partial charge in [-0.3, -0.25) is 4.79 Å². The molecule has 0 aromatic rings. The van der Waals surface area contributed by atoms with E-state index < -0.39 is 0 Å². The van der Waals surface area contributed by atoms with Crippen LogP contribution in [-0.4, -0.2) is 24.5 Å². The van der Waals surface area contributed by atoms with Crippen molar-refractivity contribution in [2.45, 2.75) is 215 Å². The van der Waals surface area contributed by atoms with E-state index in [9.17, 15) is 9.59 Å². The van der Waals surface area contributed by atoms with Crippen molar-refractivity contribution >= 4 is 11.9 Å². The highest BCUT2D eigenvalue weighted by atomic mass is 16.6. The number of carbonyl (C=O) groups is 2. The molecule has 0 saturated heterocycles. The Hall–Kier alpha value is -1.32. The monoisotopic (exact) mass is 710 g/mol. The fourth-order valence-corrected chi connectivity index (χ4v) is 12.0. The molecule has 51 heavy (non-hydrogen) atoms. The molecule has 294 valence electrons. The predicted molar refractivity (Wildman–Crippen MR) is 216 cm³/mol. The maximum atomic E-state index is 12.8. The summed E-state index contributed by atoms with van der Waals surface area (Å²) in [5.41, 5.74) is 0.621. The number of unbranched alkanes of at least 4 members (excludes halogenated alkanes) is 12. The first-order chi connectivity index (χ1) is 24.4. The molecule has 0 aromatic carbocycles. The maximum absolute atomic E-state index is 12.8. The van der Waals surface area contributed by atoms with Gasteiger partial charge in [-0.1, -0.05) is 118 Å². The summed E-state index contributed by atoms with van der Waals surface area (Å²) >= 11 is 0. The zero-order valence-corrected chi connectivity index (χ0v) is 34.8. The Morgan fingerprint density at radius 3 is 2.04 bits per heavy atom. The minimum absolute atomic E-state index is 0.0841. The molecule has 1 amide bonds. The summed E-state index contributed by atoms with van der Waals surface area (Å²) in [5.74, 6) is 5.04. The number of rotatable bonds is 21. The Morgan fingerprint density at radius 1 is 0.765 bits per heavy atom. The number of fused-ring (bicyclic) bond motifs is 5. The largest absolute Gasteiger partial charge is 0.446 e. The summed E-state index contributed by atoms with van der Waals surface area (Å²) in [7, 11) is 0. The average molecular weight is 710 g/mol. The van der Waals surface area contributed by atoms with Gasteiger partial charge in [-0.2, -0.15) is 0 Å². The van der Waals surface area contributed by atoms with Crippen molar-refractivity contribution in [2.24, 2.45) is 51.8 Å². The van der Waals surface area contributed by atoms with E-state index in [0.717, 1.165) is 62.3 Å². The molecule has 4 nitrogen and oxygen atoms in total. The molecule has 0 radical (unpaired) electrons. The summed E-state index contributed by atoms with van der Waals surface area (Å²) in [4.78, 5) is 25.5. The lowest BCUT2D eigenvalue weighted by Gasteiger charge is -2.61. The fraction of sp³-hybridized carbons (Fsp3) is 0.915. The molecule has 4 fully saturated rings. The van der Waals surface area contributed by atoms with Gasteiger partial charge >= 0.3 is 6.09 Å². The number of allylic oxidation sites excluding steroid dienone is 2. The van der Waals surface area contributed by atoms with E-state index >= 15 is 0 Å².